The van der Waals surface area contributed by atoms with E-state index in [4.69, 9.17) is 0 Å². The molecule has 0 saturated heterocycles. The fourth-order valence-corrected chi connectivity index (χ4v) is 3.35. The molecule has 1 saturated carbocycles. The second-order valence-corrected chi connectivity index (χ2v) is 7.39. The normalized spacial score (nSPS) is 24.5. The van der Waals surface area contributed by atoms with Crippen molar-refractivity contribution in [3.8, 4) is 0 Å². The zero-order chi connectivity index (χ0) is 17.6. The van der Waals surface area contributed by atoms with Gasteiger partial charge in [0.1, 0.15) is 5.60 Å². The van der Waals surface area contributed by atoms with Crippen LogP contribution in [-0.2, 0) is 12.6 Å². The van der Waals surface area contributed by atoms with Crippen LogP contribution in [0.4, 0.5) is 0 Å². The fourth-order valence-electron chi connectivity index (χ4n) is 3.35. The summed E-state index contributed by atoms with van der Waals surface area (Å²) in [6, 6.07) is 0. The van der Waals surface area contributed by atoms with Gasteiger partial charge in [0.15, 0.2) is 5.96 Å². The molecule has 0 aromatic carbocycles. The monoisotopic (exact) mass is 335 g/mol. The van der Waals surface area contributed by atoms with Crippen molar-refractivity contribution < 1.29 is 5.11 Å². The lowest BCUT2D eigenvalue weighted by molar-refractivity contribution is 0.0671. The second kappa shape index (κ2) is 8.51. The lowest BCUT2D eigenvalue weighted by Crippen LogP contribution is -2.41. The van der Waals surface area contributed by atoms with Gasteiger partial charge in [0.25, 0.3) is 0 Å². The average molecular weight is 335 g/mol. The Morgan fingerprint density at radius 3 is 2.88 bits per heavy atom. The first kappa shape index (κ1) is 18.8. The Morgan fingerprint density at radius 2 is 2.25 bits per heavy atom. The highest BCUT2D eigenvalue weighted by Crippen LogP contribution is 2.27. The van der Waals surface area contributed by atoms with Crippen LogP contribution in [-0.4, -0.2) is 40.5 Å². The Hall–Kier alpha value is -1.56. The zero-order valence-electron chi connectivity index (χ0n) is 15.5. The summed E-state index contributed by atoms with van der Waals surface area (Å²) in [5, 5.41) is 21.5. The molecule has 0 spiro atoms. The number of guanidine groups is 1. The molecule has 0 bridgehead atoms. The van der Waals surface area contributed by atoms with Crippen molar-refractivity contribution in [2.45, 2.75) is 52.1 Å². The van der Waals surface area contributed by atoms with Gasteiger partial charge in [0.2, 0.25) is 0 Å². The summed E-state index contributed by atoms with van der Waals surface area (Å²) in [5.74, 6) is 2.33. The molecule has 0 aliphatic heterocycles. The van der Waals surface area contributed by atoms with E-state index in [9.17, 15) is 5.11 Å². The standard InChI is InChI=1S/C18H33N5O/c1-5-19-17(20-10-15-8-6-7-14(2)9-15)21-13-18(3,24)16-11-22-23(4)12-16/h11-12,14-15,24H,5-10,13H2,1-4H3,(H2,19,20,21). The van der Waals surface area contributed by atoms with Crippen LogP contribution in [0, 0.1) is 11.8 Å². The molecule has 0 amide bonds. The zero-order valence-corrected chi connectivity index (χ0v) is 15.5. The van der Waals surface area contributed by atoms with Crippen LogP contribution in [0.15, 0.2) is 17.4 Å². The Morgan fingerprint density at radius 1 is 1.46 bits per heavy atom. The number of hydrogen-bond donors (Lipinski definition) is 3. The van der Waals surface area contributed by atoms with E-state index in [2.05, 4.69) is 34.6 Å². The molecular weight excluding hydrogens is 302 g/mol. The first-order chi connectivity index (χ1) is 11.4. The minimum absolute atomic E-state index is 0.301. The van der Waals surface area contributed by atoms with E-state index in [1.165, 1.54) is 25.7 Å². The minimum atomic E-state index is -1.02. The molecule has 1 aliphatic carbocycles. The average Bonchev–Trinajstić information content (AvgIpc) is 2.98. The summed E-state index contributed by atoms with van der Waals surface area (Å²) in [5.41, 5.74) is -0.235. The van der Waals surface area contributed by atoms with Crippen LogP contribution < -0.4 is 10.6 Å². The molecule has 6 nitrogen and oxygen atoms in total. The van der Waals surface area contributed by atoms with Gasteiger partial charge in [-0.3, -0.25) is 4.68 Å². The van der Waals surface area contributed by atoms with Crippen molar-refractivity contribution in [2.24, 2.45) is 23.9 Å². The van der Waals surface area contributed by atoms with E-state index >= 15 is 0 Å². The SMILES string of the molecule is CCNC(=NCC(C)(O)c1cnn(C)c1)NCC1CCCC(C)C1. The highest BCUT2D eigenvalue weighted by Gasteiger charge is 2.25. The van der Waals surface area contributed by atoms with Crippen molar-refractivity contribution in [1.82, 2.24) is 20.4 Å². The van der Waals surface area contributed by atoms with E-state index in [1.54, 1.807) is 17.8 Å². The number of aliphatic hydroxyl groups is 1. The first-order valence-electron chi connectivity index (χ1n) is 9.14. The minimum Gasteiger partial charge on any atom is -0.383 e. The number of rotatable bonds is 6. The van der Waals surface area contributed by atoms with Crippen LogP contribution >= 0.6 is 0 Å². The Kier molecular flexibility index (Phi) is 6.66. The number of aryl methyl sites for hydroxylation is 1. The Labute approximate surface area is 145 Å². The van der Waals surface area contributed by atoms with E-state index in [-0.39, 0.29) is 0 Å². The van der Waals surface area contributed by atoms with Gasteiger partial charge in [-0.25, -0.2) is 4.99 Å². The first-order valence-corrected chi connectivity index (χ1v) is 9.14. The summed E-state index contributed by atoms with van der Waals surface area (Å²) in [4.78, 5) is 4.58. The van der Waals surface area contributed by atoms with Crippen LogP contribution in [0.3, 0.4) is 0 Å². The van der Waals surface area contributed by atoms with E-state index in [0.717, 1.165) is 36.4 Å². The van der Waals surface area contributed by atoms with Crippen LogP contribution in [0.2, 0.25) is 0 Å². The highest BCUT2D eigenvalue weighted by atomic mass is 16.3. The van der Waals surface area contributed by atoms with Crippen molar-refractivity contribution in [1.29, 1.82) is 0 Å². The fraction of sp³-hybridized carbons (Fsp3) is 0.778. The quantitative estimate of drug-likeness (QED) is 0.549. The maximum Gasteiger partial charge on any atom is 0.191 e. The van der Waals surface area contributed by atoms with E-state index < -0.39 is 5.60 Å². The molecule has 136 valence electrons. The van der Waals surface area contributed by atoms with Crippen molar-refractivity contribution in [2.75, 3.05) is 19.6 Å². The van der Waals surface area contributed by atoms with Gasteiger partial charge in [0, 0.05) is 31.9 Å². The van der Waals surface area contributed by atoms with Crippen LogP contribution in [0.25, 0.3) is 0 Å². The molecule has 1 aliphatic rings. The largest absolute Gasteiger partial charge is 0.383 e. The molecule has 1 aromatic heterocycles. The Bertz CT molecular complexity index is 537. The molecule has 0 radical (unpaired) electrons. The summed E-state index contributed by atoms with van der Waals surface area (Å²) in [7, 11) is 1.85. The maximum atomic E-state index is 10.7. The molecule has 3 unspecified atom stereocenters. The molecule has 24 heavy (non-hydrogen) atoms. The third-order valence-corrected chi connectivity index (χ3v) is 4.82. The number of aromatic nitrogens is 2. The molecular formula is C18H33N5O. The van der Waals surface area contributed by atoms with Gasteiger partial charge in [-0.1, -0.05) is 19.8 Å². The van der Waals surface area contributed by atoms with Gasteiger partial charge in [-0.2, -0.15) is 5.10 Å². The van der Waals surface area contributed by atoms with Gasteiger partial charge in [0.05, 0.1) is 12.7 Å². The van der Waals surface area contributed by atoms with E-state index in [0.29, 0.717) is 6.54 Å². The molecule has 3 atom stereocenters. The Balaban J connectivity index is 1.92. The maximum absolute atomic E-state index is 10.7. The molecule has 6 heteroatoms. The number of nitrogens with zero attached hydrogens (tertiary/aromatic N) is 3. The van der Waals surface area contributed by atoms with Gasteiger partial charge >= 0.3 is 0 Å². The van der Waals surface area contributed by atoms with Crippen LogP contribution in [0.5, 0.6) is 0 Å². The molecule has 1 fully saturated rings. The van der Waals surface area contributed by atoms with Gasteiger partial charge < -0.3 is 15.7 Å². The highest BCUT2D eigenvalue weighted by molar-refractivity contribution is 5.79. The summed E-state index contributed by atoms with van der Waals surface area (Å²) < 4.78 is 1.70. The number of nitrogens with one attached hydrogen (secondary N) is 2. The summed E-state index contributed by atoms with van der Waals surface area (Å²) in [6.07, 6.45) is 8.80. The predicted octanol–water partition coefficient (Wildman–Crippen LogP) is 2.01. The predicted molar refractivity (Wildman–Crippen MR) is 97.9 cm³/mol. The van der Waals surface area contributed by atoms with Crippen LogP contribution in [0.1, 0.15) is 52.0 Å². The van der Waals surface area contributed by atoms with Gasteiger partial charge in [-0.15, -0.1) is 0 Å². The smallest absolute Gasteiger partial charge is 0.191 e. The third-order valence-electron chi connectivity index (χ3n) is 4.82. The van der Waals surface area contributed by atoms with E-state index in [1.807, 2.05) is 13.2 Å². The van der Waals surface area contributed by atoms with Crippen molar-refractivity contribution >= 4 is 5.96 Å². The molecule has 3 N–H and O–H groups in total. The summed E-state index contributed by atoms with van der Waals surface area (Å²) >= 11 is 0. The van der Waals surface area contributed by atoms with Crippen molar-refractivity contribution in [3.05, 3.63) is 18.0 Å². The second-order valence-electron chi connectivity index (χ2n) is 7.39. The molecule has 2 rings (SSSR count). The third kappa shape index (κ3) is 5.51. The molecule has 1 heterocycles. The van der Waals surface area contributed by atoms with Crippen molar-refractivity contribution in [3.63, 3.8) is 0 Å². The number of hydrogen-bond acceptors (Lipinski definition) is 3. The summed E-state index contributed by atoms with van der Waals surface area (Å²) in [6.45, 7) is 8.23. The topological polar surface area (TPSA) is 74.5 Å². The lowest BCUT2D eigenvalue weighted by Gasteiger charge is -2.27. The van der Waals surface area contributed by atoms with Gasteiger partial charge in [-0.05, 0) is 38.5 Å². The molecule has 1 aromatic rings. The lowest BCUT2D eigenvalue weighted by atomic mass is 9.82. The number of aliphatic imine (C=N–C) groups is 1.